The third-order valence-corrected chi connectivity index (χ3v) is 3.22. The average Bonchev–Trinajstić information content (AvgIpc) is 2.54. The largest absolute Gasteiger partial charge is 0.573 e. The number of alkyl halides is 3. The highest BCUT2D eigenvalue weighted by Crippen LogP contribution is 2.24. The van der Waals surface area contributed by atoms with E-state index in [2.05, 4.69) is 15.0 Å². The summed E-state index contributed by atoms with van der Waals surface area (Å²) in [6.07, 6.45) is -4.72. The van der Waals surface area contributed by atoms with E-state index in [0.29, 0.717) is 18.0 Å². The molecule has 2 rings (SSSR count). The van der Waals surface area contributed by atoms with Crippen molar-refractivity contribution in [1.29, 1.82) is 0 Å². The lowest BCUT2D eigenvalue weighted by Gasteiger charge is -2.11. The van der Waals surface area contributed by atoms with Crippen LogP contribution in [-0.4, -0.2) is 19.4 Å². The van der Waals surface area contributed by atoms with E-state index in [1.54, 1.807) is 7.11 Å². The molecule has 0 unspecified atom stereocenters. The number of aryl methyl sites for hydroxylation is 1. The molecule has 0 spiro atoms. The monoisotopic (exact) mass is 481 g/mol. The van der Waals surface area contributed by atoms with Gasteiger partial charge in [-0.25, -0.2) is 4.99 Å². The quantitative estimate of drug-likeness (QED) is 0.377. The van der Waals surface area contributed by atoms with Crippen LogP contribution in [0.3, 0.4) is 0 Å². The maximum atomic E-state index is 12.1. The van der Waals surface area contributed by atoms with Crippen LogP contribution in [0.2, 0.25) is 0 Å². The Morgan fingerprint density at radius 1 is 1.15 bits per heavy atom. The van der Waals surface area contributed by atoms with Gasteiger partial charge in [0, 0.05) is 11.3 Å². The summed E-state index contributed by atoms with van der Waals surface area (Å²) in [4.78, 5) is 4.20. The molecule has 26 heavy (non-hydrogen) atoms. The summed E-state index contributed by atoms with van der Waals surface area (Å²) in [5, 5.41) is 2.80. The number of methoxy groups -OCH3 is 1. The molecule has 0 atom stereocenters. The molecule has 0 amide bonds. The zero-order valence-electron chi connectivity index (χ0n) is 14.1. The number of benzene rings is 2. The van der Waals surface area contributed by atoms with Gasteiger partial charge >= 0.3 is 6.36 Å². The smallest absolute Gasteiger partial charge is 0.496 e. The van der Waals surface area contributed by atoms with Gasteiger partial charge in [0.2, 0.25) is 0 Å². The van der Waals surface area contributed by atoms with Crippen molar-refractivity contribution in [3.63, 3.8) is 0 Å². The molecule has 2 aromatic carbocycles. The minimum Gasteiger partial charge on any atom is -0.496 e. The molecular formula is C17H19F3IN3O2. The summed E-state index contributed by atoms with van der Waals surface area (Å²) in [7, 11) is 1.58. The van der Waals surface area contributed by atoms with Crippen LogP contribution in [0.15, 0.2) is 47.5 Å². The van der Waals surface area contributed by atoms with Crippen LogP contribution in [0, 0.1) is 6.92 Å². The van der Waals surface area contributed by atoms with Crippen LogP contribution < -0.4 is 20.5 Å². The molecule has 2 aromatic rings. The molecule has 0 fully saturated rings. The number of guanidine groups is 1. The lowest BCUT2D eigenvalue weighted by atomic mass is 10.1. The van der Waals surface area contributed by atoms with E-state index in [4.69, 9.17) is 10.5 Å². The van der Waals surface area contributed by atoms with E-state index in [1.165, 1.54) is 24.3 Å². The first-order valence-electron chi connectivity index (χ1n) is 7.33. The lowest BCUT2D eigenvalue weighted by molar-refractivity contribution is -0.274. The summed E-state index contributed by atoms with van der Waals surface area (Å²) < 4.78 is 45.4. The SMILES string of the molecule is COc1cc(C)ccc1CN=C(N)Nc1ccc(OC(F)(F)F)cc1.I. The highest BCUT2D eigenvalue weighted by molar-refractivity contribution is 14.0. The summed E-state index contributed by atoms with van der Waals surface area (Å²) in [5.74, 6) is 0.537. The predicted octanol–water partition coefficient (Wildman–Crippen LogP) is 4.45. The summed E-state index contributed by atoms with van der Waals surface area (Å²) in [6, 6.07) is 10.9. The Bertz CT molecular complexity index is 750. The van der Waals surface area contributed by atoms with E-state index >= 15 is 0 Å². The Kier molecular flexibility index (Phi) is 8.00. The minimum atomic E-state index is -4.72. The van der Waals surface area contributed by atoms with E-state index < -0.39 is 6.36 Å². The predicted molar refractivity (Wildman–Crippen MR) is 105 cm³/mol. The van der Waals surface area contributed by atoms with Crippen molar-refractivity contribution in [2.45, 2.75) is 19.8 Å². The van der Waals surface area contributed by atoms with Crippen LogP contribution in [0.5, 0.6) is 11.5 Å². The maximum absolute atomic E-state index is 12.1. The van der Waals surface area contributed by atoms with Crippen LogP contribution in [0.1, 0.15) is 11.1 Å². The molecule has 0 heterocycles. The van der Waals surface area contributed by atoms with Crippen molar-refractivity contribution < 1.29 is 22.6 Å². The number of nitrogens with two attached hydrogens (primary N) is 1. The minimum absolute atomic E-state index is 0. The molecule has 0 saturated carbocycles. The van der Waals surface area contributed by atoms with Gasteiger partial charge < -0.3 is 20.5 Å². The summed E-state index contributed by atoms with van der Waals surface area (Å²) >= 11 is 0. The fraction of sp³-hybridized carbons (Fsp3) is 0.235. The number of nitrogens with one attached hydrogen (secondary N) is 1. The summed E-state index contributed by atoms with van der Waals surface area (Å²) in [5.41, 5.74) is 8.23. The topological polar surface area (TPSA) is 68.9 Å². The number of hydrogen-bond donors (Lipinski definition) is 2. The molecule has 0 aliphatic rings. The molecule has 9 heteroatoms. The number of nitrogens with zero attached hydrogens (tertiary/aromatic N) is 1. The molecule has 0 saturated heterocycles. The van der Waals surface area contributed by atoms with Crippen LogP contribution in [0.4, 0.5) is 18.9 Å². The molecule has 142 valence electrons. The Labute approximate surface area is 166 Å². The molecular weight excluding hydrogens is 462 g/mol. The Morgan fingerprint density at radius 3 is 2.38 bits per heavy atom. The lowest BCUT2D eigenvalue weighted by Crippen LogP contribution is -2.22. The van der Waals surface area contributed by atoms with Gasteiger partial charge in [-0.2, -0.15) is 0 Å². The van der Waals surface area contributed by atoms with Crippen molar-refractivity contribution in [2.24, 2.45) is 10.7 Å². The van der Waals surface area contributed by atoms with Crippen molar-refractivity contribution in [3.8, 4) is 11.5 Å². The molecule has 0 aliphatic heterocycles. The van der Waals surface area contributed by atoms with Crippen molar-refractivity contribution >= 4 is 35.6 Å². The second kappa shape index (κ2) is 9.51. The van der Waals surface area contributed by atoms with Gasteiger partial charge in [-0.15, -0.1) is 37.1 Å². The maximum Gasteiger partial charge on any atom is 0.573 e. The summed E-state index contributed by atoms with van der Waals surface area (Å²) in [6.45, 7) is 2.26. The number of hydrogen-bond acceptors (Lipinski definition) is 3. The van der Waals surface area contributed by atoms with Gasteiger partial charge in [0.05, 0.1) is 13.7 Å². The molecule has 5 nitrogen and oxygen atoms in total. The number of rotatable bonds is 5. The molecule has 0 radical (unpaired) electrons. The second-order valence-electron chi connectivity index (χ2n) is 5.21. The average molecular weight is 481 g/mol. The molecule has 0 aliphatic carbocycles. The highest BCUT2D eigenvalue weighted by Gasteiger charge is 2.30. The van der Waals surface area contributed by atoms with Crippen LogP contribution >= 0.6 is 24.0 Å². The van der Waals surface area contributed by atoms with Crippen molar-refractivity contribution in [3.05, 3.63) is 53.6 Å². The Balaban J connectivity index is 0.00000338. The van der Waals surface area contributed by atoms with Gasteiger partial charge in [0.25, 0.3) is 0 Å². The first-order chi connectivity index (χ1) is 11.8. The second-order valence-corrected chi connectivity index (χ2v) is 5.21. The Hall–Kier alpha value is -2.17. The van der Waals surface area contributed by atoms with Crippen molar-refractivity contribution in [2.75, 3.05) is 12.4 Å². The molecule has 0 bridgehead atoms. The highest BCUT2D eigenvalue weighted by atomic mass is 127. The number of ether oxygens (including phenoxy) is 2. The molecule has 3 N–H and O–H groups in total. The number of halogens is 4. The van der Waals surface area contributed by atoms with Crippen molar-refractivity contribution in [1.82, 2.24) is 0 Å². The fourth-order valence-electron chi connectivity index (χ4n) is 2.08. The normalized spacial score (nSPS) is 11.5. The first kappa shape index (κ1) is 21.9. The van der Waals surface area contributed by atoms with Crippen LogP contribution in [-0.2, 0) is 6.54 Å². The number of anilines is 1. The standard InChI is InChI=1S/C17H18F3N3O2.HI/c1-11-3-4-12(15(9-11)24-2)10-22-16(21)23-13-5-7-14(8-6-13)25-17(18,19)20;/h3-9H,10H2,1-2H3,(H3,21,22,23);1H. The van der Waals surface area contributed by atoms with Gasteiger partial charge in [0.15, 0.2) is 5.96 Å². The van der Waals surface area contributed by atoms with Gasteiger partial charge in [0.1, 0.15) is 11.5 Å². The van der Waals surface area contributed by atoms with E-state index in [9.17, 15) is 13.2 Å². The van der Waals surface area contributed by atoms with E-state index in [1.807, 2.05) is 25.1 Å². The zero-order valence-corrected chi connectivity index (χ0v) is 16.5. The van der Waals surface area contributed by atoms with E-state index in [0.717, 1.165) is 11.1 Å². The first-order valence-corrected chi connectivity index (χ1v) is 7.33. The van der Waals surface area contributed by atoms with Gasteiger partial charge in [-0.05, 0) is 42.8 Å². The van der Waals surface area contributed by atoms with Gasteiger partial charge in [-0.1, -0.05) is 12.1 Å². The third kappa shape index (κ3) is 6.98. The van der Waals surface area contributed by atoms with Crippen LogP contribution in [0.25, 0.3) is 0 Å². The fourth-order valence-corrected chi connectivity index (χ4v) is 2.08. The van der Waals surface area contributed by atoms with Gasteiger partial charge in [-0.3, -0.25) is 0 Å². The third-order valence-electron chi connectivity index (χ3n) is 3.22. The van der Waals surface area contributed by atoms with E-state index in [-0.39, 0.29) is 35.7 Å². The zero-order chi connectivity index (χ0) is 18.4. The molecule has 0 aromatic heterocycles. The Morgan fingerprint density at radius 2 is 1.81 bits per heavy atom. The number of aliphatic imine (C=N–C) groups is 1.